The molecule has 0 aliphatic carbocycles. The molecule has 1 amide bonds. The van der Waals surface area contributed by atoms with Crippen molar-refractivity contribution in [2.45, 2.75) is 31.8 Å². The predicted molar refractivity (Wildman–Crippen MR) is 80.1 cm³/mol. The van der Waals surface area contributed by atoms with Crippen LogP contribution in [0, 0.1) is 0 Å². The maximum Gasteiger partial charge on any atom is 0.248 e. The molecule has 120 valence electrons. The first kappa shape index (κ1) is 15.2. The molecule has 1 saturated heterocycles. The van der Waals surface area contributed by atoms with Crippen LogP contribution in [0.25, 0.3) is 0 Å². The molecule has 2 aliphatic heterocycles. The van der Waals surface area contributed by atoms with E-state index < -0.39 is 5.60 Å². The number of hydrogen-bond donors (Lipinski definition) is 1. The van der Waals surface area contributed by atoms with Gasteiger partial charge in [-0.25, -0.2) is 9.97 Å². The van der Waals surface area contributed by atoms with Crippen molar-refractivity contribution in [3.05, 3.63) is 17.5 Å². The van der Waals surface area contributed by atoms with Crippen molar-refractivity contribution in [1.82, 2.24) is 14.9 Å². The number of hydrogen-bond acceptors (Lipinski definition) is 6. The van der Waals surface area contributed by atoms with Crippen LogP contribution < -0.4 is 5.73 Å². The molecule has 0 unspecified atom stereocenters. The van der Waals surface area contributed by atoms with E-state index in [-0.39, 0.29) is 18.5 Å². The van der Waals surface area contributed by atoms with Gasteiger partial charge in [-0.1, -0.05) is 0 Å². The molecule has 2 aliphatic rings. The first-order valence-corrected chi connectivity index (χ1v) is 7.76. The lowest BCUT2D eigenvalue weighted by Crippen LogP contribution is -2.49. The Hall–Kier alpha value is -1.73. The van der Waals surface area contributed by atoms with Crippen LogP contribution in [0.15, 0.2) is 6.20 Å². The van der Waals surface area contributed by atoms with Crippen LogP contribution in [0.3, 0.4) is 0 Å². The third-order valence-corrected chi connectivity index (χ3v) is 4.42. The van der Waals surface area contributed by atoms with Crippen molar-refractivity contribution in [3.63, 3.8) is 0 Å². The van der Waals surface area contributed by atoms with Crippen LogP contribution in [-0.2, 0) is 26.3 Å². The zero-order valence-corrected chi connectivity index (χ0v) is 12.9. The minimum atomic E-state index is -0.424. The summed E-state index contributed by atoms with van der Waals surface area (Å²) in [7, 11) is 0. The monoisotopic (exact) mass is 306 g/mol. The zero-order chi connectivity index (χ0) is 15.6. The lowest BCUT2D eigenvalue weighted by molar-refractivity contribution is -0.145. The lowest BCUT2D eigenvalue weighted by Gasteiger charge is -2.44. The summed E-state index contributed by atoms with van der Waals surface area (Å²) >= 11 is 0. The van der Waals surface area contributed by atoms with Gasteiger partial charge in [0.15, 0.2) is 0 Å². The highest BCUT2D eigenvalue weighted by atomic mass is 16.5. The molecule has 2 N–H and O–H groups in total. The highest BCUT2D eigenvalue weighted by Gasteiger charge is 2.43. The molecule has 0 atom stereocenters. The summed E-state index contributed by atoms with van der Waals surface area (Å²) in [6, 6.07) is 0. The Balaban J connectivity index is 1.73. The number of amides is 1. The fraction of sp³-hybridized carbons (Fsp3) is 0.667. The smallest absolute Gasteiger partial charge is 0.248 e. The number of likely N-dealkylation sites (tertiary alicyclic amines) is 1. The van der Waals surface area contributed by atoms with Gasteiger partial charge < -0.3 is 20.1 Å². The highest BCUT2D eigenvalue weighted by Crippen LogP contribution is 2.40. The molecule has 22 heavy (non-hydrogen) atoms. The Labute approximate surface area is 129 Å². The zero-order valence-electron chi connectivity index (χ0n) is 12.9. The first-order chi connectivity index (χ1) is 10.6. The maximum atomic E-state index is 12.0. The van der Waals surface area contributed by atoms with Gasteiger partial charge in [-0.05, 0) is 31.7 Å². The second-order valence-corrected chi connectivity index (χ2v) is 5.71. The minimum absolute atomic E-state index is 0.0370. The predicted octanol–water partition coefficient (Wildman–Crippen LogP) is 0.486. The number of rotatable bonds is 3. The number of nitrogen functional groups attached to an aromatic ring is 1. The van der Waals surface area contributed by atoms with Gasteiger partial charge in [0.25, 0.3) is 0 Å². The second-order valence-electron chi connectivity index (χ2n) is 5.71. The lowest BCUT2D eigenvalue weighted by atomic mass is 9.83. The van der Waals surface area contributed by atoms with Crippen LogP contribution >= 0.6 is 0 Å². The number of fused-ring (bicyclic) bond motifs is 2. The van der Waals surface area contributed by atoms with Crippen molar-refractivity contribution >= 4 is 11.9 Å². The topological polar surface area (TPSA) is 90.6 Å². The average molecular weight is 306 g/mol. The summed E-state index contributed by atoms with van der Waals surface area (Å²) in [5.41, 5.74) is 7.33. The number of anilines is 1. The number of aromatic nitrogens is 2. The number of carbonyl (C=O) groups is 1. The molecular formula is C15H22N4O3. The molecule has 1 spiro atoms. The Morgan fingerprint density at radius 1 is 1.50 bits per heavy atom. The van der Waals surface area contributed by atoms with Crippen LogP contribution in [0.2, 0.25) is 0 Å². The van der Waals surface area contributed by atoms with Crippen molar-refractivity contribution in [2.75, 3.05) is 38.6 Å². The van der Waals surface area contributed by atoms with Crippen molar-refractivity contribution in [2.24, 2.45) is 0 Å². The van der Waals surface area contributed by atoms with Gasteiger partial charge in [0.05, 0.1) is 12.3 Å². The summed E-state index contributed by atoms with van der Waals surface area (Å²) < 4.78 is 11.3. The van der Waals surface area contributed by atoms with Gasteiger partial charge in [0.2, 0.25) is 11.9 Å². The number of nitrogens with zero attached hydrogens (tertiary/aromatic N) is 3. The van der Waals surface area contributed by atoms with Crippen molar-refractivity contribution in [3.8, 4) is 0 Å². The normalized spacial score (nSPS) is 20.0. The van der Waals surface area contributed by atoms with E-state index in [1.54, 1.807) is 6.20 Å². The Morgan fingerprint density at radius 3 is 3.00 bits per heavy atom. The van der Waals surface area contributed by atoms with Crippen LogP contribution in [0.5, 0.6) is 0 Å². The third-order valence-electron chi connectivity index (χ3n) is 4.42. The van der Waals surface area contributed by atoms with E-state index in [0.717, 1.165) is 30.5 Å². The molecule has 0 saturated carbocycles. The van der Waals surface area contributed by atoms with E-state index in [4.69, 9.17) is 15.2 Å². The molecule has 7 nitrogen and oxygen atoms in total. The SMILES string of the molecule is CCOCC(=O)N1CCC2(CC1)OCCc1cnc(N)nc12. The van der Waals surface area contributed by atoms with Gasteiger partial charge in [0.1, 0.15) is 12.2 Å². The largest absolute Gasteiger partial charge is 0.372 e. The van der Waals surface area contributed by atoms with E-state index in [9.17, 15) is 4.79 Å². The van der Waals surface area contributed by atoms with E-state index in [0.29, 0.717) is 26.3 Å². The van der Waals surface area contributed by atoms with E-state index in [1.807, 2.05) is 11.8 Å². The highest BCUT2D eigenvalue weighted by molar-refractivity contribution is 5.77. The van der Waals surface area contributed by atoms with Crippen molar-refractivity contribution in [1.29, 1.82) is 0 Å². The minimum Gasteiger partial charge on any atom is -0.372 e. The van der Waals surface area contributed by atoms with Gasteiger partial charge >= 0.3 is 0 Å². The number of carbonyl (C=O) groups excluding carboxylic acids is 1. The molecular weight excluding hydrogens is 284 g/mol. The van der Waals surface area contributed by atoms with Crippen LogP contribution in [0.1, 0.15) is 31.0 Å². The summed E-state index contributed by atoms with van der Waals surface area (Å²) in [4.78, 5) is 22.4. The number of piperidine rings is 1. The van der Waals surface area contributed by atoms with Gasteiger partial charge in [-0.3, -0.25) is 4.79 Å². The molecule has 1 aromatic rings. The standard InChI is InChI=1S/C15H22N4O3/c1-2-21-10-12(20)19-6-4-15(5-7-19)13-11(3-8-22-15)9-17-14(16)18-13/h9H,2-8,10H2,1H3,(H2,16,17,18). The molecule has 1 fully saturated rings. The first-order valence-electron chi connectivity index (χ1n) is 7.76. The number of nitrogens with two attached hydrogens (primary N) is 1. The summed E-state index contributed by atoms with van der Waals surface area (Å²) in [5.74, 6) is 0.313. The molecule has 1 aromatic heterocycles. The van der Waals surface area contributed by atoms with Gasteiger partial charge in [-0.15, -0.1) is 0 Å². The molecule has 0 aromatic carbocycles. The van der Waals surface area contributed by atoms with E-state index >= 15 is 0 Å². The summed E-state index contributed by atoms with van der Waals surface area (Å²) in [5, 5.41) is 0. The summed E-state index contributed by atoms with van der Waals surface area (Å²) in [6.07, 6.45) is 4.07. The fourth-order valence-corrected chi connectivity index (χ4v) is 3.20. The fourth-order valence-electron chi connectivity index (χ4n) is 3.20. The van der Waals surface area contributed by atoms with Crippen LogP contribution in [0.4, 0.5) is 5.95 Å². The Morgan fingerprint density at radius 2 is 2.27 bits per heavy atom. The van der Waals surface area contributed by atoms with Crippen LogP contribution in [-0.4, -0.2) is 53.7 Å². The molecule has 3 heterocycles. The van der Waals surface area contributed by atoms with Crippen molar-refractivity contribution < 1.29 is 14.3 Å². The van der Waals surface area contributed by atoms with E-state index in [2.05, 4.69) is 9.97 Å². The molecule has 7 heteroatoms. The molecule has 3 rings (SSSR count). The molecule has 0 bridgehead atoms. The third kappa shape index (κ3) is 2.78. The quantitative estimate of drug-likeness (QED) is 0.874. The van der Waals surface area contributed by atoms with Gasteiger partial charge in [0, 0.05) is 25.9 Å². The maximum absolute atomic E-state index is 12.0. The van der Waals surface area contributed by atoms with E-state index in [1.165, 1.54) is 0 Å². The van der Waals surface area contributed by atoms with Gasteiger partial charge in [-0.2, -0.15) is 0 Å². The Bertz CT molecular complexity index is 556. The second kappa shape index (κ2) is 6.18. The summed E-state index contributed by atoms with van der Waals surface area (Å²) in [6.45, 7) is 4.54. The average Bonchev–Trinajstić information content (AvgIpc) is 2.54. The molecule has 0 radical (unpaired) electrons. The Kier molecular flexibility index (Phi) is 4.26. The number of ether oxygens (including phenoxy) is 2.